The number of hydrogen-bond acceptors (Lipinski definition) is 3. The van der Waals surface area contributed by atoms with Crippen LogP contribution in [-0.2, 0) is 17.8 Å². The van der Waals surface area contributed by atoms with E-state index in [0.29, 0.717) is 17.4 Å². The Hall–Kier alpha value is -1.89. The molecule has 7 heteroatoms. The second kappa shape index (κ2) is 20.1. The molecule has 0 aliphatic rings. The third-order valence-electron chi connectivity index (χ3n) is 6.94. The number of aryl methyl sites for hydroxylation is 1. The highest BCUT2D eigenvalue weighted by molar-refractivity contribution is 7.09. The average Bonchev–Trinajstić information content (AvgIpc) is 3.33. The van der Waals surface area contributed by atoms with Crippen LogP contribution in [0.1, 0.15) is 100.0 Å². The number of nitrogens with one attached hydrogen (secondary N) is 1. The Bertz CT molecular complexity index is 1120. The largest absolute Gasteiger partial charge is 1.00 e. The third-order valence-corrected chi connectivity index (χ3v) is 8.11. The predicted octanol–water partition coefficient (Wildman–Crippen LogP) is 6.31. The number of aromatic nitrogens is 1. The van der Waals surface area contributed by atoms with Crippen molar-refractivity contribution in [3.05, 3.63) is 75.2 Å². The predicted molar refractivity (Wildman–Crippen MR) is 165 cm³/mol. The fraction of sp³-hybridized carbons (Fsp3) is 0.515. The first-order valence-corrected chi connectivity index (χ1v) is 16.0. The van der Waals surface area contributed by atoms with Crippen LogP contribution in [0.5, 0.6) is 5.75 Å². The summed E-state index contributed by atoms with van der Waals surface area (Å²) >= 11 is 8.10. The molecule has 0 bridgehead atoms. The molecule has 1 aromatic heterocycles. The number of carbonyl (C=O) groups excluding carboxylic acids is 1. The van der Waals surface area contributed by atoms with Crippen molar-refractivity contribution >= 4 is 34.5 Å². The fourth-order valence-electron chi connectivity index (χ4n) is 4.72. The standard InChI is InChI=1S/C33H45ClN2O2S.BrH/c1-3-4-5-6-7-8-9-10-11-12-13-14-21-38-32-22-29(17-20-31(32)34)23-33(37)35-30-18-15-28(16-19-30)25-36-24-27(2)39-26-36;/h15-20,22,24,26H,3-14,21,23,25H2,1-2H3;1H. The first kappa shape index (κ1) is 34.3. The Balaban J connectivity index is 0.00000560. The van der Waals surface area contributed by atoms with Crippen LogP contribution < -0.4 is 31.6 Å². The lowest BCUT2D eigenvalue weighted by atomic mass is 10.1. The molecule has 0 saturated heterocycles. The molecule has 0 unspecified atom stereocenters. The van der Waals surface area contributed by atoms with Crippen LogP contribution in [-0.4, -0.2) is 12.5 Å². The average molecular weight is 650 g/mol. The maximum atomic E-state index is 12.7. The van der Waals surface area contributed by atoms with Gasteiger partial charge in [0.25, 0.3) is 0 Å². The first-order chi connectivity index (χ1) is 19.0. The Morgan fingerprint density at radius 2 is 1.48 bits per heavy atom. The number of halogens is 2. The molecular weight excluding hydrogens is 604 g/mol. The molecule has 220 valence electrons. The van der Waals surface area contributed by atoms with Gasteiger partial charge in [0, 0.05) is 11.3 Å². The van der Waals surface area contributed by atoms with E-state index in [1.165, 1.54) is 81.1 Å². The Morgan fingerprint density at radius 1 is 0.875 bits per heavy atom. The molecule has 0 spiro atoms. The van der Waals surface area contributed by atoms with E-state index in [4.69, 9.17) is 16.3 Å². The number of thiazole rings is 1. The highest BCUT2D eigenvalue weighted by Gasteiger charge is 2.10. The second-order valence-corrected chi connectivity index (χ2v) is 12.1. The highest BCUT2D eigenvalue weighted by atomic mass is 79.9. The Morgan fingerprint density at radius 3 is 2.08 bits per heavy atom. The maximum Gasteiger partial charge on any atom is 0.228 e. The van der Waals surface area contributed by atoms with Crippen molar-refractivity contribution in [2.75, 3.05) is 11.9 Å². The monoisotopic (exact) mass is 648 g/mol. The van der Waals surface area contributed by atoms with Gasteiger partial charge in [0.05, 0.1) is 22.9 Å². The lowest BCUT2D eigenvalue weighted by Crippen LogP contribution is -3.00. The molecule has 3 aromatic rings. The summed E-state index contributed by atoms with van der Waals surface area (Å²) in [7, 11) is 0. The summed E-state index contributed by atoms with van der Waals surface area (Å²) in [5.41, 5.74) is 5.01. The van der Waals surface area contributed by atoms with E-state index in [1.54, 1.807) is 11.3 Å². The van der Waals surface area contributed by atoms with Gasteiger partial charge in [0.15, 0.2) is 12.7 Å². The van der Waals surface area contributed by atoms with E-state index < -0.39 is 0 Å². The number of benzene rings is 2. The number of rotatable bonds is 19. The molecular formula is C33H46BrClN2O2S. The van der Waals surface area contributed by atoms with Crippen LogP contribution in [0.25, 0.3) is 0 Å². The molecule has 1 heterocycles. The molecule has 0 radical (unpaired) electrons. The summed E-state index contributed by atoms with van der Waals surface area (Å²) in [5.74, 6) is 0.607. The molecule has 0 fully saturated rings. The zero-order valence-corrected chi connectivity index (χ0v) is 27.4. The number of nitrogens with zero attached hydrogens (tertiary/aromatic N) is 1. The molecule has 0 aliphatic carbocycles. The number of unbranched alkanes of at least 4 members (excludes halogenated alkanes) is 11. The first-order valence-electron chi connectivity index (χ1n) is 14.8. The molecule has 1 amide bonds. The van der Waals surface area contributed by atoms with Gasteiger partial charge in [-0.1, -0.05) is 119 Å². The van der Waals surface area contributed by atoms with Crippen molar-refractivity contribution < 1.29 is 31.1 Å². The molecule has 4 nitrogen and oxygen atoms in total. The normalized spacial score (nSPS) is 10.8. The van der Waals surface area contributed by atoms with E-state index in [2.05, 4.69) is 47.6 Å². The number of hydrogen-bond donors (Lipinski definition) is 1. The minimum Gasteiger partial charge on any atom is -1.00 e. The van der Waals surface area contributed by atoms with Crippen molar-refractivity contribution in [1.82, 2.24) is 0 Å². The lowest BCUT2D eigenvalue weighted by Gasteiger charge is -2.11. The Labute approximate surface area is 261 Å². The number of carbonyl (C=O) groups is 1. The highest BCUT2D eigenvalue weighted by Crippen LogP contribution is 2.26. The van der Waals surface area contributed by atoms with Crippen LogP contribution in [0, 0.1) is 6.92 Å². The SMILES string of the molecule is CCCCCCCCCCCCCCOc1cc(CC(=O)Nc2ccc(C[n+]3csc(C)c3)cc2)ccc1Cl.[Br-]. The summed E-state index contributed by atoms with van der Waals surface area (Å²) in [6, 6.07) is 13.6. The van der Waals surface area contributed by atoms with Gasteiger partial charge in [-0.25, -0.2) is 0 Å². The molecule has 2 aromatic carbocycles. The maximum absolute atomic E-state index is 12.7. The second-order valence-electron chi connectivity index (χ2n) is 10.6. The van der Waals surface area contributed by atoms with Crippen LogP contribution in [0.4, 0.5) is 5.69 Å². The summed E-state index contributed by atoms with van der Waals surface area (Å²) in [4.78, 5) is 13.9. The number of amides is 1. The molecule has 3 rings (SSSR count). The minimum atomic E-state index is -0.0557. The van der Waals surface area contributed by atoms with Gasteiger partial charge >= 0.3 is 0 Å². The molecule has 1 N–H and O–H groups in total. The van der Waals surface area contributed by atoms with Gasteiger partial charge in [0.1, 0.15) is 5.75 Å². The van der Waals surface area contributed by atoms with Gasteiger partial charge in [-0.3, -0.25) is 4.79 Å². The van der Waals surface area contributed by atoms with Crippen molar-refractivity contribution in [2.45, 2.75) is 104 Å². The molecule has 40 heavy (non-hydrogen) atoms. The van der Waals surface area contributed by atoms with Crippen LogP contribution in [0.3, 0.4) is 0 Å². The van der Waals surface area contributed by atoms with E-state index in [-0.39, 0.29) is 29.3 Å². The van der Waals surface area contributed by atoms with E-state index in [9.17, 15) is 4.79 Å². The van der Waals surface area contributed by atoms with Crippen LogP contribution in [0.2, 0.25) is 5.02 Å². The summed E-state index contributed by atoms with van der Waals surface area (Å²) < 4.78 is 8.14. The lowest BCUT2D eigenvalue weighted by molar-refractivity contribution is -0.683. The van der Waals surface area contributed by atoms with Gasteiger partial charge in [-0.05, 0) is 43.2 Å². The van der Waals surface area contributed by atoms with E-state index in [0.717, 1.165) is 24.2 Å². The topological polar surface area (TPSA) is 42.2 Å². The molecule has 0 saturated carbocycles. The zero-order chi connectivity index (χ0) is 27.7. The zero-order valence-electron chi connectivity index (χ0n) is 24.2. The van der Waals surface area contributed by atoms with Crippen molar-refractivity contribution in [2.24, 2.45) is 0 Å². The minimum absolute atomic E-state index is 0. The van der Waals surface area contributed by atoms with Gasteiger partial charge in [-0.15, -0.1) is 0 Å². The van der Waals surface area contributed by atoms with Gasteiger partial charge in [0.2, 0.25) is 11.4 Å². The van der Waals surface area contributed by atoms with Crippen LogP contribution in [0.15, 0.2) is 54.2 Å². The number of anilines is 1. The van der Waals surface area contributed by atoms with Gasteiger partial charge in [-0.2, -0.15) is 4.57 Å². The van der Waals surface area contributed by atoms with Crippen molar-refractivity contribution in [3.63, 3.8) is 0 Å². The van der Waals surface area contributed by atoms with Crippen LogP contribution >= 0.6 is 22.9 Å². The third kappa shape index (κ3) is 13.6. The summed E-state index contributed by atoms with van der Waals surface area (Å²) in [6.45, 7) is 5.86. The fourth-order valence-corrected chi connectivity index (χ4v) is 5.52. The van der Waals surface area contributed by atoms with E-state index >= 15 is 0 Å². The number of ether oxygens (including phenoxy) is 1. The van der Waals surface area contributed by atoms with Gasteiger partial charge < -0.3 is 27.0 Å². The summed E-state index contributed by atoms with van der Waals surface area (Å²) in [6.07, 6.45) is 18.2. The quantitative estimate of drug-likeness (QED) is 0.122. The Kier molecular flexibility index (Phi) is 17.2. The molecule has 0 aliphatic heterocycles. The summed E-state index contributed by atoms with van der Waals surface area (Å²) in [5, 5.41) is 3.59. The van der Waals surface area contributed by atoms with Crippen molar-refractivity contribution in [1.29, 1.82) is 0 Å². The molecule has 0 atom stereocenters. The van der Waals surface area contributed by atoms with E-state index in [1.807, 2.05) is 30.3 Å². The smallest absolute Gasteiger partial charge is 0.228 e. The van der Waals surface area contributed by atoms with Crippen molar-refractivity contribution in [3.8, 4) is 5.75 Å².